The summed E-state index contributed by atoms with van der Waals surface area (Å²) in [7, 11) is 1.54. The Balaban J connectivity index is 1.42. The molecule has 0 aliphatic carbocycles. The Labute approximate surface area is 261 Å². The summed E-state index contributed by atoms with van der Waals surface area (Å²) in [5.74, 6) is 2.38. The van der Waals surface area contributed by atoms with Crippen molar-refractivity contribution in [1.29, 1.82) is 0 Å². The molecule has 0 aliphatic rings. The quantitative estimate of drug-likeness (QED) is 0.0807. The lowest BCUT2D eigenvalue weighted by molar-refractivity contribution is -0.0169. The molecule has 2 N–H and O–H groups in total. The van der Waals surface area contributed by atoms with E-state index in [1.165, 1.54) is 0 Å². The average molecular weight is 609 g/mol. The van der Waals surface area contributed by atoms with Gasteiger partial charge in [0.1, 0.15) is 11.5 Å². The van der Waals surface area contributed by atoms with Gasteiger partial charge in [-0.25, -0.2) is 4.79 Å². The minimum absolute atomic E-state index is 0.105. The molecule has 0 aliphatic heterocycles. The van der Waals surface area contributed by atoms with Crippen molar-refractivity contribution >= 4 is 5.97 Å². The van der Waals surface area contributed by atoms with E-state index in [-0.39, 0.29) is 13.2 Å². The van der Waals surface area contributed by atoms with E-state index < -0.39 is 11.4 Å². The molecule has 1 atom stereocenters. The third kappa shape index (κ3) is 11.2. The second-order valence-electron chi connectivity index (χ2n) is 11.6. The number of carbonyl (C=O) groups excluding carboxylic acids is 1. The first-order chi connectivity index (χ1) is 21.3. The summed E-state index contributed by atoms with van der Waals surface area (Å²) in [5.41, 5.74) is 1.83. The summed E-state index contributed by atoms with van der Waals surface area (Å²) in [6.45, 7) is 8.06. The van der Waals surface area contributed by atoms with E-state index >= 15 is 0 Å². The summed E-state index contributed by atoms with van der Waals surface area (Å²) in [4.78, 5) is 12.8. The largest absolute Gasteiger partial charge is 0.493 e. The predicted molar refractivity (Wildman–Crippen MR) is 172 cm³/mol. The van der Waals surface area contributed by atoms with Crippen molar-refractivity contribution in [3.8, 4) is 34.1 Å². The van der Waals surface area contributed by atoms with E-state index in [0.29, 0.717) is 55.2 Å². The highest BCUT2D eigenvalue weighted by Crippen LogP contribution is 2.30. The maximum atomic E-state index is 12.8. The number of ether oxygens (including phenoxy) is 5. The number of unbranched alkanes of at least 4 members (excludes halogenated alkanes) is 3. The third-order valence-corrected chi connectivity index (χ3v) is 7.54. The van der Waals surface area contributed by atoms with Crippen molar-refractivity contribution in [2.45, 2.75) is 52.9 Å². The highest BCUT2D eigenvalue weighted by Gasteiger charge is 2.22. The zero-order valence-electron chi connectivity index (χ0n) is 26.6. The van der Waals surface area contributed by atoms with Crippen LogP contribution < -0.4 is 18.9 Å². The Morgan fingerprint density at radius 2 is 1.41 bits per heavy atom. The van der Waals surface area contributed by atoms with Gasteiger partial charge < -0.3 is 33.9 Å². The third-order valence-electron chi connectivity index (χ3n) is 7.54. The standard InChI is InChI=1S/C36H48O8/c1-5-27(2)23-43-31-15-10-28(11-16-31)29-12-17-32(18-13-29)44-35(39)30-14-19-33(34(22-30)40-4)42-21-9-7-6-8-20-41-26-36(3,24-37)25-38/h10-19,22,27,37-38H,5-9,20-21,23-26H2,1-4H3. The van der Waals surface area contributed by atoms with Crippen LogP contribution in [0.15, 0.2) is 66.7 Å². The van der Waals surface area contributed by atoms with E-state index in [4.69, 9.17) is 23.7 Å². The topological polar surface area (TPSA) is 104 Å². The van der Waals surface area contributed by atoms with Gasteiger partial charge in [-0.3, -0.25) is 0 Å². The van der Waals surface area contributed by atoms with Gasteiger partial charge in [0, 0.05) is 12.0 Å². The highest BCUT2D eigenvalue weighted by atomic mass is 16.5. The normalized spacial score (nSPS) is 12.0. The zero-order valence-corrected chi connectivity index (χ0v) is 26.6. The molecule has 3 rings (SSSR count). The van der Waals surface area contributed by atoms with E-state index in [2.05, 4.69) is 13.8 Å². The number of carbonyl (C=O) groups is 1. The molecule has 0 amide bonds. The van der Waals surface area contributed by atoms with Crippen LogP contribution in [0.2, 0.25) is 0 Å². The van der Waals surface area contributed by atoms with Crippen molar-refractivity contribution in [3.63, 3.8) is 0 Å². The minimum Gasteiger partial charge on any atom is -0.493 e. The lowest BCUT2D eigenvalue weighted by atomic mass is 9.95. The highest BCUT2D eigenvalue weighted by molar-refractivity contribution is 5.92. The molecule has 0 heterocycles. The fourth-order valence-electron chi connectivity index (χ4n) is 4.20. The number of aliphatic hydroxyl groups is 2. The van der Waals surface area contributed by atoms with Crippen molar-refractivity contribution in [2.75, 3.05) is 46.8 Å². The van der Waals surface area contributed by atoms with Crippen LogP contribution in [0.3, 0.4) is 0 Å². The maximum Gasteiger partial charge on any atom is 0.343 e. The van der Waals surface area contributed by atoms with E-state index in [9.17, 15) is 15.0 Å². The molecule has 8 heteroatoms. The van der Waals surface area contributed by atoms with E-state index in [1.807, 2.05) is 36.4 Å². The van der Waals surface area contributed by atoms with Crippen LogP contribution >= 0.6 is 0 Å². The number of aliphatic hydroxyl groups excluding tert-OH is 2. The molecular formula is C36H48O8. The minimum atomic E-state index is -0.596. The molecule has 0 spiro atoms. The molecular weight excluding hydrogens is 560 g/mol. The summed E-state index contributed by atoms with van der Waals surface area (Å²) in [6, 6.07) is 20.4. The Morgan fingerprint density at radius 1 is 0.795 bits per heavy atom. The molecule has 8 nitrogen and oxygen atoms in total. The lowest BCUT2D eigenvalue weighted by Crippen LogP contribution is -2.31. The molecule has 44 heavy (non-hydrogen) atoms. The first-order valence-corrected chi connectivity index (χ1v) is 15.5. The second-order valence-corrected chi connectivity index (χ2v) is 11.6. The smallest absolute Gasteiger partial charge is 0.343 e. The Kier molecular flexibility index (Phi) is 14.5. The van der Waals surface area contributed by atoms with Gasteiger partial charge in [0.25, 0.3) is 0 Å². The number of benzene rings is 3. The molecule has 0 saturated heterocycles. The number of methoxy groups -OCH3 is 1. The summed E-state index contributed by atoms with van der Waals surface area (Å²) in [5, 5.41) is 18.6. The zero-order chi connectivity index (χ0) is 31.8. The van der Waals surface area contributed by atoms with Crippen LogP contribution in [0.1, 0.15) is 63.2 Å². The molecule has 3 aromatic carbocycles. The first-order valence-electron chi connectivity index (χ1n) is 15.5. The molecule has 3 aromatic rings. The van der Waals surface area contributed by atoms with Crippen molar-refractivity contribution in [2.24, 2.45) is 11.3 Å². The number of hydrogen-bond donors (Lipinski definition) is 2. The van der Waals surface area contributed by atoms with Gasteiger partial charge >= 0.3 is 5.97 Å². The Hall–Kier alpha value is -3.59. The number of esters is 1. The molecule has 0 bridgehead atoms. The monoisotopic (exact) mass is 608 g/mol. The van der Waals surface area contributed by atoms with Crippen molar-refractivity contribution in [3.05, 3.63) is 72.3 Å². The molecule has 0 aromatic heterocycles. The molecule has 0 radical (unpaired) electrons. The first kappa shape index (κ1) is 34.9. The van der Waals surface area contributed by atoms with Gasteiger partial charge in [0.2, 0.25) is 0 Å². The van der Waals surface area contributed by atoms with Gasteiger partial charge in [-0.15, -0.1) is 0 Å². The fourth-order valence-corrected chi connectivity index (χ4v) is 4.20. The van der Waals surface area contributed by atoms with Crippen LogP contribution in [0.25, 0.3) is 11.1 Å². The molecule has 240 valence electrons. The molecule has 0 saturated carbocycles. The van der Waals surface area contributed by atoms with Crippen molar-refractivity contribution < 1.29 is 38.7 Å². The molecule has 0 fully saturated rings. The predicted octanol–water partition coefficient (Wildman–Crippen LogP) is 6.95. The van der Waals surface area contributed by atoms with E-state index in [0.717, 1.165) is 49.0 Å². The van der Waals surface area contributed by atoms with Crippen LogP contribution in [0.5, 0.6) is 23.0 Å². The summed E-state index contributed by atoms with van der Waals surface area (Å²) >= 11 is 0. The Morgan fingerprint density at radius 3 is 2.00 bits per heavy atom. The van der Waals surface area contributed by atoms with Crippen LogP contribution in [0, 0.1) is 11.3 Å². The van der Waals surface area contributed by atoms with Gasteiger partial charge in [-0.2, -0.15) is 0 Å². The number of rotatable bonds is 20. The SMILES string of the molecule is CCC(C)COc1ccc(-c2ccc(OC(=O)c3ccc(OCCCCCCOCC(C)(CO)CO)c(OC)c3)cc2)cc1. The summed E-state index contributed by atoms with van der Waals surface area (Å²) < 4.78 is 28.4. The van der Waals surface area contributed by atoms with Crippen LogP contribution in [-0.4, -0.2) is 62.9 Å². The second kappa shape index (κ2) is 18.3. The van der Waals surface area contributed by atoms with E-state index in [1.54, 1.807) is 44.4 Å². The maximum absolute atomic E-state index is 12.8. The van der Waals surface area contributed by atoms with Gasteiger partial charge in [0.05, 0.1) is 45.7 Å². The summed E-state index contributed by atoms with van der Waals surface area (Å²) in [6.07, 6.45) is 4.81. The molecule has 1 unspecified atom stereocenters. The van der Waals surface area contributed by atoms with Crippen LogP contribution in [0.4, 0.5) is 0 Å². The Bertz CT molecular complexity index is 1250. The van der Waals surface area contributed by atoms with Gasteiger partial charge in [-0.1, -0.05) is 57.9 Å². The average Bonchev–Trinajstić information content (AvgIpc) is 3.06. The fraction of sp³-hybridized carbons (Fsp3) is 0.472. The lowest BCUT2D eigenvalue weighted by Gasteiger charge is -2.24. The van der Waals surface area contributed by atoms with Gasteiger partial charge in [0.15, 0.2) is 11.5 Å². The van der Waals surface area contributed by atoms with Crippen LogP contribution in [-0.2, 0) is 4.74 Å². The number of hydrogen-bond acceptors (Lipinski definition) is 8. The van der Waals surface area contributed by atoms with Crippen molar-refractivity contribution in [1.82, 2.24) is 0 Å². The van der Waals surface area contributed by atoms with Gasteiger partial charge in [-0.05, 0) is 78.8 Å².